The van der Waals surface area contributed by atoms with Gasteiger partial charge in [-0.05, 0) is 82.1 Å². The van der Waals surface area contributed by atoms with Gasteiger partial charge in [-0.15, -0.1) is 0 Å². The van der Waals surface area contributed by atoms with Crippen molar-refractivity contribution >= 4 is 6.09 Å². The Bertz CT molecular complexity index is 1260. The smallest absolute Gasteiger partial charge is 0.416 e. The third kappa shape index (κ3) is 7.40. The Labute approximate surface area is 227 Å². The topological polar surface area (TPSA) is 68.5 Å². The number of aryl methyl sites for hydroxylation is 3. The van der Waals surface area contributed by atoms with Crippen LogP contribution in [0.1, 0.15) is 87.6 Å². The van der Waals surface area contributed by atoms with E-state index in [1.54, 1.807) is 26.8 Å². The molecule has 0 N–H and O–H groups in total. The number of likely N-dealkylation sites (tertiary alicyclic amines) is 1. The summed E-state index contributed by atoms with van der Waals surface area (Å²) in [5, 5.41) is 3.94. The van der Waals surface area contributed by atoms with Crippen LogP contribution in [0.2, 0.25) is 0 Å². The molecule has 6 nitrogen and oxygen atoms in total. The summed E-state index contributed by atoms with van der Waals surface area (Å²) in [5.74, 6) is 0.245. The van der Waals surface area contributed by atoms with Gasteiger partial charge in [0, 0.05) is 12.1 Å². The fourth-order valence-electron chi connectivity index (χ4n) is 4.78. The summed E-state index contributed by atoms with van der Waals surface area (Å²) in [7, 11) is 0. The van der Waals surface area contributed by atoms with E-state index in [0.29, 0.717) is 19.4 Å². The van der Waals surface area contributed by atoms with Crippen LogP contribution in [-0.4, -0.2) is 33.3 Å². The molecule has 0 radical (unpaired) electrons. The third-order valence-electron chi connectivity index (χ3n) is 6.81. The zero-order valence-electron chi connectivity index (χ0n) is 23.0. The summed E-state index contributed by atoms with van der Waals surface area (Å²) < 4.78 is 53.0. The molecular formula is C30H36F3N3O3. The minimum absolute atomic E-state index is 0.0563. The Morgan fingerprint density at radius 1 is 1.05 bits per heavy atom. The molecule has 210 valence electrons. The Kier molecular flexibility index (Phi) is 8.67. The minimum Gasteiger partial charge on any atom is -0.444 e. The molecule has 1 aliphatic rings. The van der Waals surface area contributed by atoms with E-state index < -0.39 is 29.5 Å². The van der Waals surface area contributed by atoms with Crippen molar-refractivity contribution in [3.63, 3.8) is 0 Å². The number of amides is 1. The number of unbranched alkanes of at least 4 members (excludes halogenated alkanes) is 1. The van der Waals surface area contributed by atoms with Crippen molar-refractivity contribution < 1.29 is 27.2 Å². The van der Waals surface area contributed by atoms with E-state index in [-0.39, 0.29) is 29.3 Å². The first-order valence-corrected chi connectivity index (χ1v) is 13.6. The van der Waals surface area contributed by atoms with Crippen LogP contribution in [-0.2, 0) is 30.2 Å². The highest BCUT2D eigenvalue weighted by Crippen LogP contribution is 2.37. The number of nitrogens with zero attached hydrogens (tertiary/aromatic N) is 3. The molecule has 1 atom stereocenters. The number of benzene rings is 2. The van der Waals surface area contributed by atoms with E-state index in [0.717, 1.165) is 37.3 Å². The molecule has 0 aliphatic carbocycles. The van der Waals surface area contributed by atoms with Gasteiger partial charge < -0.3 is 9.26 Å². The summed E-state index contributed by atoms with van der Waals surface area (Å²) in [5.41, 5.74) is 1.31. The number of carbonyl (C=O) groups is 1. The third-order valence-corrected chi connectivity index (χ3v) is 6.81. The van der Waals surface area contributed by atoms with Crippen molar-refractivity contribution in [3.8, 4) is 11.4 Å². The van der Waals surface area contributed by atoms with E-state index in [2.05, 4.69) is 29.2 Å². The fraction of sp³-hybridized carbons (Fsp3) is 0.500. The number of aromatic nitrogens is 2. The van der Waals surface area contributed by atoms with Gasteiger partial charge in [0.1, 0.15) is 11.6 Å². The van der Waals surface area contributed by atoms with Crippen LogP contribution < -0.4 is 0 Å². The number of carbonyl (C=O) groups excluding carboxylic acids is 1. The van der Waals surface area contributed by atoms with Crippen molar-refractivity contribution in [2.75, 3.05) is 6.54 Å². The maximum absolute atomic E-state index is 14.0. The zero-order chi connectivity index (χ0) is 28.2. The van der Waals surface area contributed by atoms with Crippen LogP contribution >= 0.6 is 0 Å². The number of rotatable bonds is 8. The average Bonchev–Trinajstić information content (AvgIpc) is 3.55. The Hall–Kier alpha value is -3.36. The zero-order valence-corrected chi connectivity index (χ0v) is 23.0. The van der Waals surface area contributed by atoms with E-state index in [9.17, 15) is 18.0 Å². The molecule has 4 rings (SSSR count). The van der Waals surface area contributed by atoms with Crippen molar-refractivity contribution in [2.24, 2.45) is 0 Å². The molecule has 39 heavy (non-hydrogen) atoms. The van der Waals surface area contributed by atoms with Gasteiger partial charge in [0.2, 0.25) is 11.7 Å². The van der Waals surface area contributed by atoms with Gasteiger partial charge in [0.25, 0.3) is 0 Å². The second-order valence-electron chi connectivity index (χ2n) is 11.1. The second-order valence-corrected chi connectivity index (χ2v) is 11.1. The average molecular weight is 544 g/mol. The second kappa shape index (κ2) is 11.8. The van der Waals surface area contributed by atoms with Crippen LogP contribution in [0, 0.1) is 0 Å². The van der Waals surface area contributed by atoms with Crippen molar-refractivity contribution in [1.82, 2.24) is 15.0 Å². The molecule has 3 aromatic rings. The van der Waals surface area contributed by atoms with Crippen molar-refractivity contribution in [2.45, 2.75) is 90.5 Å². The quantitative estimate of drug-likeness (QED) is 0.288. The maximum Gasteiger partial charge on any atom is 0.416 e. The number of halogens is 3. The minimum atomic E-state index is -4.53. The van der Waals surface area contributed by atoms with Crippen LogP contribution in [0.3, 0.4) is 0 Å². The van der Waals surface area contributed by atoms with E-state index in [1.807, 2.05) is 12.1 Å². The van der Waals surface area contributed by atoms with Gasteiger partial charge >= 0.3 is 12.3 Å². The molecule has 1 aromatic heterocycles. The molecule has 2 aromatic carbocycles. The number of alkyl halides is 3. The lowest BCUT2D eigenvalue weighted by Crippen LogP contribution is -2.36. The molecule has 9 heteroatoms. The molecule has 1 amide bonds. The van der Waals surface area contributed by atoms with E-state index in [4.69, 9.17) is 9.26 Å². The standard InChI is InChI=1S/C30H36F3N3O3/c1-5-6-8-20-10-12-21(13-11-20)14-15-22-16-17-23(19-24(22)30(31,32)33)26-34-27(39-35-26)25-9-7-18-36(25)28(37)38-29(2,3)4/h10-13,16-17,19,25H,5-9,14-15,18H2,1-4H3/t25-/m0/s1. The first-order valence-electron chi connectivity index (χ1n) is 13.6. The highest BCUT2D eigenvalue weighted by Gasteiger charge is 2.37. The highest BCUT2D eigenvalue weighted by atomic mass is 19.4. The lowest BCUT2D eigenvalue weighted by atomic mass is 9.96. The highest BCUT2D eigenvalue weighted by molar-refractivity contribution is 5.69. The first-order chi connectivity index (χ1) is 18.4. The summed E-state index contributed by atoms with van der Waals surface area (Å²) >= 11 is 0. The molecule has 1 saturated heterocycles. The summed E-state index contributed by atoms with van der Waals surface area (Å²) in [6.45, 7) is 7.98. The van der Waals surface area contributed by atoms with Gasteiger partial charge in [0.15, 0.2) is 0 Å². The largest absolute Gasteiger partial charge is 0.444 e. The monoisotopic (exact) mass is 543 g/mol. The molecule has 0 saturated carbocycles. The lowest BCUT2D eigenvalue weighted by Gasteiger charge is -2.26. The molecule has 1 fully saturated rings. The first kappa shape index (κ1) is 28.6. The Balaban J connectivity index is 1.50. The maximum atomic E-state index is 14.0. The van der Waals surface area contributed by atoms with E-state index in [1.165, 1.54) is 16.5 Å². The fourth-order valence-corrected chi connectivity index (χ4v) is 4.78. The molecular weight excluding hydrogens is 507 g/mol. The predicted octanol–water partition coefficient (Wildman–Crippen LogP) is 7.96. The molecule has 0 bridgehead atoms. The molecule has 0 unspecified atom stereocenters. The normalized spacial score (nSPS) is 16.1. The lowest BCUT2D eigenvalue weighted by molar-refractivity contribution is -0.138. The van der Waals surface area contributed by atoms with Crippen LogP contribution in [0.25, 0.3) is 11.4 Å². The van der Waals surface area contributed by atoms with Crippen molar-refractivity contribution in [1.29, 1.82) is 0 Å². The summed E-state index contributed by atoms with van der Waals surface area (Å²) in [4.78, 5) is 18.5. The van der Waals surface area contributed by atoms with Gasteiger partial charge in [-0.25, -0.2) is 4.79 Å². The number of ether oxygens (including phenoxy) is 1. The van der Waals surface area contributed by atoms with Gasteiger partial charge in [-0.1, -0.05) is 54.9 Å². The van der Waals surface area contributed by atoms with Gasteiger partial charge in [0.05, 0.1) is 5.56 Å². The molecule has 2 heterocycles. The summed E-state index contributed by atoms with van der Waals surface area (Å²) in [6, 6.07) is 11.8. The number of hydrogen-bond donors (Lipinski definition) is 0. The van der Waals surface area contributed by atoms with Crippen LogP contribution in [0.4, 0.5) is 18.0 Å². The summed E-state index contributed by atoms with van der Waals surface area (Å²) in [6.07, 6.45) is 0.334. The predicted molar refractivity (Wildman–Crippen MR) is 142 cm³/mol. The Morgan fingerprint density at radius 2 is 1.74 bits per heavy atom. The van der Waals surface area contributed by atoms with Gasteiger partial charge in [-0.3, -0.25) is 4.90 Å². The van der Waals surface area contributed by atoms with Crippen LogP contribution in [0.5, 0.6) is 0 Å². The van der Waals surface area contributed by atoms with Gasteiger partial charge in [-0.2, -0.15) is 18.2 Å². The van der Waals surface area contributed by atoms with Crippen molar-refractivity contribution in [3.05, 3.63) is 70.6 Å². The SMILES string of the molecule is CCCCc1ccc(CCc2ccc(-c3noc([C@@H]4CCCN4C(=O)OC(C)(C)C)n3)cc2C(F)(F)F)cc1. The van der Waals surface area contributed by atoms with E-state index >= 15 is 0 Å². The van der Waals surface area contributed by atoms with Crippen LogP contribution in [0.15, 0.2) is 47.0 Å². The molecule has 1 aliphatic heterocycles. The number of hydrogen-bond acceptors (Lipinski definition) is 5. The Morgan fingerprint density at radius 3 is 2.38 bits per heavy atom. The molecule has 0 spiro atoms.